The van der Waals surface area contributed by atoms with Gasteiger partial charge in [-0.3, -0.25) is 9.78 Å². The zero-order valence-electron chi connectivity index (χ0n) is 15.0. The summed E-state index contributed by atoms with van der Waals surface area (Å²) in [6, 6.07) is 17.3. The van der Waals surface area contributed by atoms with Gasteiger partial charge >= 0.3 is 0 Å². The number of carbonyl (C=O) groups excluding carboxylic acids is 1. The fourth-order valence-corrected chi connectivity index (χ4v) is 3.34. The highest BCUT2D eigenvalue weighted by molar-refractivity contribution is 5.93. The number of rotatable bonds is 4. The number of nitrogens with zero attached hydrogens (tertiary/aromatic N) is 4. The van der Waals surface area contributed by atoms with Gasteiger partial charge in [0.05, 0.1) is 11.6 Å². The van der Waals surface area contributed by atoms with Crippen molar-refractivity contribution in [3.05, 3.63) is 67.0 Å². The first-order chi connectivity index (χ1) is 13.3. The minimum absolute atomic E-state index is 0.0550. The van der Waals surface area contributed by atoms with Crippen LogP contribution in [0.5, 0.6) is 0 Å². The molecule has 27 heavy (non-hydrogen) atoms. The molecule has 2 aromatic heterocycles. The topological polar surface area (TPSA) is 71.0 Å². The fraction of sp³-hybridized carbons (Fsp3) is 0.238. The first-order valence-corrected chi connectivity index (χ1v) is 9.14. The van der Waals surface area contributed by atoms with Crippen molar-refractivity contribution in [1.82, 2.24) is 15.2 Å². The smallest absolute Gasteiger partial charge is 0.229 e. The van der Waals surface area contributed by atoms with Crippen LogP contribution in [0.3, 0.4) is 0 Å². The molecule has 3 heterocycles. The normalized spacial score (nSPS) is 16.7. The minimum Gasteiger partial charge on any atom is -0.354 e. The van der Waals surface area contributed by atoms with Gasteiger partial charge in [-0.15, -0.1) is 10.2 Å². The van der Waals surface area contributed by atoms with Crippen molar-refractivity contribution in [3.8, 4) is 11.3 Å². The maximum absolute atomic E-state index is 12.6. The molecule has 1 amide bonds. The Hall–Kier alpha value is -3.28. The maximum Gasteiger partial charge on any atom is 0.229 e. The molecule has 1 atom stereocenters. The Morgan fingerprint density at radius 3 is 2.56 bits per heavy atom. The van der Waals surface area contributed by atoms with Crippen molar-refractivity contribution in [2.24, 2.45) is 5.92 Å². The number of hydrogen-bond acceptors (Lipinski definition) is 5. The van der Waals surface area contributed by atoms with Crippen molar-refractivity contribution in [3.63, 3.8) is 0 Å². The van der Waals surface area contributed by atoms with Crippen LogP contribution in [-0.2, 0) is 4.79 Å². The van der Waals surface area contributed by atoms with Crippen molar-refractivity contribution in [2.45, 2.75) is 12.8 Å². The number of piperidine rings is 1. The summed E-state index contributed by atoms with van der Waals surface area (Å²) in [5, 5.41) is 11.7. The molecule has 4 rings (SSSR count). The third-order valence-corrected chi connectivity index (χ3v) is 4.78. The summed E-state index contributed by atoms with van der Waals surface area (Å²) >= 11 is 0. The van der Waals surface area contributed by atoms with Gasteiger partial charge in [-0.2, -0.15) is 0 Å². The number of benzene rings is 1. The van der Waals surface area contributed by atoms with E-state index in [2.05, 4.69) is 25.4 Å². The van der Waals surface area contributed by atoms with Crippen molar-refractivity contribution in [1.29, 1.82) is 0 Å². The number of amides is 1. The van der Waals surface area contributed by atoms with Crippen LogP contribution in [0.25, 0.3) is 11.3 Å². The highest BCUT2D eigenvalue weighted by Gasteiger charge is 2.26. The predicted molar refractivity (Wildman–Crippen MR) is 105 cm³/mol. The molecule has 1 aliphatic heterocycles. The summed E-state index contributed by atoms with van der Waals surface area (Å²) in [4.78, 5) is 18.8. The summed E-state index contributed by atoms with van der Waals surface area (Å²) in [5.41, 5.74) is 2.64. The van der Waals surface area contributed by atoms with Gasteiger partial charge in [0.2, 0.25) is 5.91 Å². The highest BCUT2D eigenvalue weighted by atomic mass is 16.1. The molecule has 1 unspecified atom stereocenters. The summed E-state index contributed by atoms with van der Waals surface area (Å²) in [7, 11) is 0. The van der Waals surface area contributed by atoms with E-state index < -0.39 is 0 Å². The van der Waals surface area contributed by atoms with E-state index in [1.165, 1.54) is 0 Å². The van der Waals surface area contributed by atoms with Crippen LogP contribution in [0, 0.1) is 5.92 Å². The monoisotopic (exact) mass is 359 g/mol. The Kier molecular flexibility index (Phi) is 5.05. The van der Waals surface area contributed by atoms with Crippen LogP contribution in [-0.4, -0.2) is 34.2 Å². The van der Waals surface area contributed by atoms with Crippen LogP contribution in [0.1, 0.15) is 12.8 Å². The van der Waals surface area contributed by atoms with Crippen LogP contribution < -0.4 is 10.2 Å². The second-order valence-corrected chi connectivity index (χ2v) is 6.65. The van der Waals surface area contributed by atoms with Crippen LogP contribution in [0.4, 0.5) is 11.5 Å². The van der Waals surface area contributed by atoms with Gasteiger partial charge in [-0.25, -0.2) is 0 Å². The molecule has 0 radical (unpaired) electrons. The Balaban J connectivity index is 1.43. The molecule has 0 spiro atoms. The number of hydrogen-bond donors (Lipinski definition) is 1. The number of anilines is 2. The molecule has 0 saturated carbocycles. The second-order valence-electron chi connectivity index (χ2n) is 6.65. The molecule has 6 heteroatoms. The quantitative estimate of drug-likeness (QED) is 0.773. The van der Waals surface area contributed by atoms with E-state index in [4.69, 9.17) is 0 Å². The number of carbonyl (C=O) groups is 1. The molecule has 1 aromatic carbocycles. The van der Waals surface area contributed by atoms with E-state index in [1.54, 1.807) is 12.4 Å². The lowest BCUT2D eigenvalue weighted by atomic mass is 9.97. The lowest BCUT2D eigenvalue weighted by Crippen LogP contribution is -2.41. The van der Waals surface area contributed by atoms with Gasteiger partial charge in [0.15, 0.2) is 5.82 Å². The van der Waals surface area contributed by atoms with Crippen LogP contribution in [0.15, 0.2) is 67.0 Å². The summed E-state index contributed by atoms with van der Waals surface area (Å²) in [6.45, 7) is 1.54. The van der Waals surface area contributed by atoms with Crippen molar-refractivity contribution in [2.75, 3.05) is 23.3 Å². The number of para-hydroxylation sites is 1. The lowest BCUT2D eigenvalue weighted by molar-refractivity contribution is -0.120. The molecule has 1 N–H and O–H groups in total. The third kappa shape index (κ3) is 4.11. The molecule has 3 aromatic rings. The minimum atomic E-state index is -0.0550. The van der Waals surface area contributed by atoms with E-state index in [-0.39, 0.29) is 11.8 Å². The molecular weight excluding hydrogens is 338 g/mol. The summed E-state index contributed by atoms with van der Waals surface area (Å²) in [6.07, 6.45) is 5.33. The summed E-state index contributed by atoms with van der Waals surface area (Å²) < 4.78 is 0. The highest BCUT2D eigenvalue weighted by Crippen LogP contribution is 2.24. The molecule has 1 aliphatic rings. The van der Waals surface area contributed by atoms with E-state index in [0.29, 0.717) is 6.54 Å². The molecule has 6 nitrogen and oxygen atoms in total. The molecule has 1 fully saturated rings. The second kappa shape index (κ2) is 7.95. The van der Waals surface area contributed by atoms with Gasteiger partial charge in [-0.05, 0) is 49.2 Å². The standard InChI is InChI=1S/C21H21N5O/c27-21(23-18-6-2-1-3-7-18)17-5-4-14-26(15-17)20-9-8-19(24-25-20)16-10-12-22-13-11-16/h1-3,6-13,17H,4-5,14-15H2,(H,23,27). The molecule has 0 aliphatic carbocycles. The SMILES string of the molecule is O=C(Nc1ccccc1)C1CCCN(c2ccc(-c3ccncc3)nn2)C1. The van der Waals surface area contributed by atoms with Crippen molar-refractivity contribution >= 4 is 17.4 Å². The lowest BCUT2D eigenvalue weighted by Gasteiger charge is -2.32. The predicted octanol–water partition coefficient (Wildman–Crippen LogP) is 3.39. The number of pyridine rings is 1. The fourth-order valence-electron chi connectivity index (χ4n) is 3.34. The van der Waals surface area contributed by atoms with E-state index in [1.807, 2.05) is 54.6 Å². The first-order valence-electron chi connectivity index (χ1n) is 9.14. The first kappa shape index (κ1) is 17.1. The Morgan fingerprint density at radius 1 is 1.00 bits per heavy atom. The Labute approximate surface area is 158 Å². The molecular formula is C21H21N5O. The Bertz CT molecular complexity index is 883. The largest absolute Gasteiger partial charge is 0.354 e. The maximum atomic E-state index is 12.6. The molecule has 1 saturated heterocycles. The van der Waals surface area contributed by atoms with Gasteiger partial charge < -0.3 is 10.2 Å². The van der Waals surface area contributed by atoms with Gasteiger partial charge in [-0.1, -0.05) is 18.2 Å². The third-order valence-electron chi connectivity index (χ3n) is 4.78. The van der Waals surface area contributed by atoms with E-state index in [0.717, 1.165) is 42.1 Å². The average molecular weight is 359 g/mol. The average Bonchev–Trinajstić information content (AvgIpc) is 2.75. The zero-order valence-corrected chi connectivity index (χ0v) is 15.0. The molecule has 0 bridgehead atoms. The molecule has 136 valence electrons. The van der Waals surface area contributed by atoms with Gasteiger partial charge in [0, 0.05) is 36.7 Å². The van der Waals surface area contributed by atoms with Crippen molar-refractivity contribution < 1.29 is 4.79 Å². The summed E-state index contributed by atoms with van der Waals surface area (Å²) in [5.74, 6) is 0.818. The van der Waals surface area contributed by atoms with Crippen LogP contribution >= 0.6 is 0 Å². The van der Waals surface area contributed by atoms with E-state index >= 15 is 0 Å². The van der Waals surface area contributed by atoms with Gasteiger partial charge in [0.1, 0.15) is 0 Å². The van der Waals surface area contributed by atoms with Gasteiger partial charge in [0.25, 0.3) is 0 Å². The zero-order chi connectivity index (χ0) is 18.5. The van der Waals surface area contributed by atoms with E-state index in [9.17, 15) is 4.79 Å². The number of nitrogens with one attached hydrogen (secondary N) is 1. The number of aromatic nitrogens is 3. The van der Waals surface area contributed by atoms with Crippen LogP contribution in [0.2, 0.25) is 0 Å². The Morgan fingerprint density at radius 2 is 1.81 bits per heavy atom.